The van der Waals surface area contributed by atoms with E-state index in [-0.39, 0.29) is 5.91 Å². The van der Waals surface area contributed by atoms with Crippen LogP contribution in [0.4, 0.5) is 5.69 Å². The number of hydrogen-bond donors (Lipinski definition) is 1. The van der Waals surface area contributed by atoms with Crippen molar-refractivity contribution in [3.63, 3.8) is 0 Å². The molecular formula is C13H18N2O. The molecule has 0 fully saturated rings. The molecule has 0 spiro atoms. The number of likely N-dealkylation sites (N-methyl/N-ethyl adjacent to an activating group) is 1. The number of rotatable bonds is 3. The van der Waals surface area contributed by atoms with E-state index in [0.717, 1.165) is 18.8 Å². The summed E-state index contributed by atoms with van der Waals surface area (Å²) in [5, 5.41) is 3.09. The molecule has 1 N–H and O–H groups in total. The Hall–Kier alpha value is -1.35. The highest BCUT2D eigenvalue weighted by Gasteiger charge is 2.29. The number of hydrogen-bond acceptors (Lipinski definition) is 2. The van der Waals surface area contributed by atoms with Crippen molar-refractivity contribution in [2.75, 3.05) is 25.0 Å². The minimum Gasteiger partial charge on any atom is -0.318 e. The van der Waals surface area contributed by atoms with Gasteiger partial charge in [0.05, 0.1) is 12.1 Å². The van der Waals surface area contributed by atoms with Crippen molar-refractivity contribution in [3.05, 3.63) is 28.8 Å². The van der Waals surface area contributed by atoms with Crippen LogP contribution in [0.5, 0.6) is 0 Å². The standard InChI is InChI=1S/C13H18N2O/c1-9-4-5-10(2)13-11(9)8-12(16)15(13)7-6-14-3/h4-5,14H,6-8H2,1-3H3. The minimum atomic E-state index is 0.225. The minimum absolute atomic E-state index is 0.225. The van der Waals surface area contributed by atoms with E-state index in [9.17, 15) is 4.79 Å². The molecule has 0 saturated heterocycles. The summed E-state index contributed by atoms with van der Waals surface area (Å²) in [4.78, 5) is 13.9. The second-order valence-corrected chi connectivity index (χ2v) is 4.35. The molecule has 1 aromatic carbocycles. The number of carbonyl (C=O) groups excluding carboxylic acids is 1. The lowest BCUT2D eigenvalue weighted by Crippen LogP contribution is -2.33. The summed E-state index contributed by atoms with van der Waals surface area (Å²) in [7, 11) is 1.91. The highest BCUT2D eigenvalue weighted by molar-refractivity contribution is 6.02. The third-order valence-electron chi connectivity index (χ3n) is 3.20. The highest BCUT2D eigenvalue weighted by atomic mass is 16.2. The second kappa shape index (κ2) is 4.26. The molecule has 1 aliphatic rings. The molecule has 1 aliphatic heterocycles. The van der Waals surface area contributed by atoms with E-state index in [2.05, 4.69) is 31.3 Å². The first kappa shape index (κ1) is 11.1. The van der Waals surface area contributed by atoms with Crippen LogP contribution in [0, 0.1) is 13.8 Å². The Bertz CT molecular complexity index is 426. The van der Waals surface area contributed by atoms with Crippen LogP contribution in [-0.4, -0.2) is 26.0 Å². The summed E-state index contributed by atoms with van der Waals surface area (Å²) >= 11 is 0. The number of amides is 1. The molecule has 2 rings (SSSR count). The van der Waals surface area contributed by atoms with Crippen molar-refractivity contribution >= 4 is 11.6 Å². The summed E-state index contributed by atoms with van der Waals surface area (Å²) in [6, 6.07) is 4.20. The van der Waals surface area contributed by atoms with E-state index in [1.165, 1.54) is 16.7 Å². The topological polar surface area (TPSA) is 32.3 Å². The van der Waals surface area contributed by atoms with Gasteiger partial charge in [-0.05, 0) is 37.6 Å². The fourth-order valence-electron chi connectivity index (χ4n) is 2.28. The molecule has 86 valence electrons. The van der Waals surface area contributed by atoms with E-state index < -0.39 is 0 Å². The van der Waals surface area contributed by atoms with E-state index in [4.69, 9.17) is 0 Å². The number of aryl methyl sites for hydroxylation is 2. The second-order valence-electron chi connectivity index (χ2n) is 4.35. The lowest BCUT2D eigenvalue weighted by atomic mass is 10.0. The van der Waals surface area contributed by atoms with E-state index in [1.54, 1.807) is 0 Å². The molecule has 0 saturated carbocycles. The molecule has 0 unspecified atom stereocenters. The van der Waals surface area contributed by atoms with Crippen molar-refractivity contribution in [1.29, 1.82) is 0 Å². The van der Waals surface area contributed by atoms with Gasteiger partial charge in [-0.1, -0.05) is 12.1 Å². The molecule has 0 aromatic heterocycles. The molecule has 1 aromatic rings. The molecule has 16 heavy (non-hydrogen) atoms. The van der Waals surface area contributed by atoms with Crippen molar-refractivity contribution in [1.82, 2.24) is 5.32 Å². The third-order valence-corrected chi connectivity index (χ3v) is 3.20. The summed E-state index contributed by atoms with van der Waals surface area (Å²) in [5.41, 5.74) is 4.77. The summed E-state index contributed by atoms with van der Waals surface area (Å²) < 4.78 is 0. The number of anilines is 1. The normalized spacial score (nSPS) is 14.4. The van der Waals surface area contributed by atoms with E-state index >= 15 is 0 Å². The summed E-state index contributed by atoms with van der Waals surface area (Å²) in [6.45, 7) is 5.74. The zero-order valence-electron chi connectivity index (χ0n) is 10.1. The number of benzene rings is 1. The zero-order chi connectivity index (χ0) is 11.7. The largest absolute Gasteiger partial charge is 0.318 e. The molecule has 0 aliphatic carbocycles. The van der Waals surface area contributed by atoms with Crippen LogP contribution in [0.1, 0.15) is 16.7 Å². The number of nitrogens with zero attached hydrogens (tertiary/aromatic N) is 1. The predicted molar refractivity (Wildman–Crippen MR) is 65.9 cm³/mol. The van der Waals surface area contributed by atoms with Crippen LogP contribution in [0.15, 0.2) is 12.1 Å². The number of nitrogens with one attached hydrogen (secondary N) is 1. The molecule has 3 heteroatoms. The Labute approximate surface area is 96.5 Å². The first-order chi connectivity index (χ1) is 7.65. The first-order valence-electron chi connectivity index (χ1n) is 5.69. The van der Waals surface area contributed by atoms with Crippen molar-refractivity contribution in [2.45, 2.75) is 20.3 Å². The third kappa shape index (κ3) is 1.71. The van der Waals surface area contributed by atoms with Crippen LogP contribution >= 0.6 is 0 Å². The Kier molecular flexibility index (Phi) is 2.97. The van der Waals surface area contributed by atoms with Gasteiger partial charge in [0.15, 0.2) is 0 Å². The van der Waals surface area contributed by atoms with Gasteiger partial charge in [0, 0.05) is 13.1 Å². The maximum atomic E-state index is 11.9. The van der Waals surface area contributed by atoms with E-state index in [0.29, 0.717) is 6.42 Å². The average Bonchev–Trinajstić information content (AvgIpc) is 2.59. The lowest BCUT2D eigenvalue weighted by molar-refractivity contribution is -0.117. The maximum absolute atomic E-state index is 11.9. The zero-order valence-corrected chi connectivity index (χ0v) is 10.1. The van der Waals surface area contributed by atoms with Crippen LogP contribution in [-0.2, 0) is 11.2 Å². The number of fused-ring (bicyclic) bond motifs is 1. The number of carbonyl (C=O) groups is 1. The van der Waals surface area contributed by atoms with Gasteiger partial charge in [-0.15, -0.1) is 0 Å². The summed E-state index contributed by atoms with van der Waals surface area (Å²) in [6.07, 6.45) is 0.562. The quantitative estimate of drug-likeness (QED) is 0.832. The average molecular weight is 218 g/mol. The van der Waals surface area contributed by atoms with Crippen LogP contribution in [0.25, 0.3) is 0 Å². The lowest BCUT2D eigenvalue weighted by Gasteiger charge is -2.19. The Morgan fingerprint density at radius 1 is 1.31 bits per heavy atom. The van der Waals surface area contributed by atoms with Gasteiger partial charge in [-0.2, -0.15) is 0 Å². The molecule has 0 bridgehead atoms. The van der Waals surface area contributed by atoms with Crippen molar-refractivity contribution < 1.29 is 4.79 Å². The highest BCUT2D eigenvalue weighted by Crippen LogP contribution is 2.34. The monoisotopic (exact) mass is 218 g/mol. The first-order valence-corrected chi connectivity index (χ1v) is 5.69. The van der Waals surface area contributed by atoms with Gasteiger partial charge < -0.3 is 10.2 Å². The molecule has 3 nitrogen and oxygen atoms in total. The Morgan fingerprint density at radius 2 is 2.00 bits per heavy atom. The van der Waals surface area contributed by atoms with Gasteiger partial charge in [0.25, 0.3) is 0 Å². The van der Waals surface area contributed by atoms with Crippen molar-refractivity contribution in [3.8, 4) is 0 Å². The summed E-state index contributed by atoms with van der Waals surface area (Å²) in [5.74, 6) is 0.225. The smallest absolute Gasteiger partial charge is 0.231 e. The van der Waals surface area contributed by atoms with Gasteiger partial charge >= 0.3 is 0 Å². The SMILES string of the molecule is CNCCN1C(=O)Cc2c(C)ccc(C)c21. The van der Waals surface area contributed by atoms with Gasteiger partial charge in [-0.3, -0.25) is 4.79 Å². The van der Waals surface area contributed by atoms with Crippen LogP contribution in [0.2, 0.25) is 0 Å². The van der Waals surface area contributed by atoms with Crippen LogP contribution < -0.4 is 10.2 Å². The molecule has 0 atom stereocenters. The molecule has 1 heterocycles. The van der Waals surface area contributed by atoms with Crippen LogP contribution in [0.3, 0.4) is 0 Å². The van der Waals surface area contributed by atoms with Gasteiger partial charge in [0.2, 0.25) is 5.91 Å². The van der Waals surface area contributed by atoms with Gasteiger partial charge in [0.1, 0.15) is 0 Å². The fourth-order valence-corrected chi connectivity index (χ4v) is 2.28. The molecular weight excluding hydrogens is 200 g/mol. The predicted octanol–water partition coefficient (Wildman–Crippen LogP) is 1.41. The Balaban J connectivity index is 2.39. The maximum Gasteiger partial charge on any atom is 0.231 e. The van der Waals surface area contributed by atoms with E-state index in [1.807, 2.05) is 11.9 Å². The molecule has 0 radical (unpaired) electrons. The fraction of sp³-hybridized carbons (Fsp3) is 0.462. The van der Waals surface area contributed by atoms with Gasteiger partial charge in [-0.25, -0.2) is 0 Å². The van der Waals surface area contributed by atoms with Crippen molar-refractivity contribution in [2.24, 2.45) is 0 Å². The Morgan fingerprint density at radius 3 is 2.69 bits per heavy atom. The molecule has 1 amide bonds.